The number of thioether (sulfide) groups is 1. The second-order valence-electron chi connectivity index (χ2n) is 5.68. The summed E-state index contributed by atoms with van der Waals surface area (Å²) in [6.07, 6.45) is 0. The summed E-state index contributed by atoms with van der Waals surface area (Å²) >= 11 is 0.986. The van der Waals surface area contributed by atoms with E-state index in [-0.39, 0.29) is 11.0 Å². The molecular formula is C18H15F2N3O2S. The molecule has 1 N–H and O–H groups in total. The molecule has 0 aliphatic rings. The van der Waals surface area contributed by atoms with Gasteiger partial charge in [0.05, 0.1) is 5.75 Å². The number of nitrogens with zero attached hydrogens (tertiary/aromatic N) is 2. The quantitative estimate of drug-likeness (QED) is 0.671. The molecular weight excluding hydrogens is 360 g/mol. The Bertz CT molecular complexity index is 919. The summed E-state index contributed by atoms with van der Waals surface area (Å²) in [4.78, 5) is 11.9. The van der Waals surface area contributed by atoms with Crippen molar-refractivity contribution in [1.82, 2.24) is 10.2 Å². The van der Waals surface area contributed by atoms with Gasteiger partial charge < -0.3 is 9.73 Å². The Balaban J connectivity index is 1.64. The molecule has 1 heterocycles. The molecule has 5 nitrogen and oxygen atoms in total. The zero-order chi connectivity index (χ0) is 18.7. The number of amides is 1. The zero-order valence-electron chi connectivity index (χ0n) is 14.0. The molecule has 1 aromatic heterocycles. The third kappa shape index (κ3) is 4.26. The van der Waals surface area contributed by atoms with Gasteiger partial charge in [0.25, 0.3) is 5.22 Å². The number of aryl methyl sites for hydroxylation is 2. The van der Waals surface area contributed by atoms with Crippen LogP contribution in [0.3, 0.4) is 0 Å². The van der Waals surface area contributed by atoms with Crippen molar-refractivity contribution in [2.24, 2.45) is 0 Å². The van der Waals surface area contributed by atoms with Crippen molar-refractivity contribution in [1.29, 1.82) is 0 Å². The van der Waals surface area contributed by atoms with Gasteiger partial charge in [-0.1, -0.05) is 35.0 Å². The lowest BCUT2D eigenvalue weighted by Crippen LogP contribution is -2.16. The molecule has 3 aromatic rings. The summed E-state index contributed by atoms with van der Waals surface area (Å²) in [6.45, 7) is 3.93. The summed E-state index contributed by atoms with van der Waals surface area (Å²) in [5.41, 5.74) is 2.46. The summed E-state index contributed by atoms with van der Waals surface area (Å²) in [7, 11) is 0. The van der Waals surface area contributed by atoms with Crippen molar-refractivity contribution < 1.29 is 18.0 Å². The van der Waals surface area contributed by atoms with Crippen LogP contribution in [-0.4, -0.2) is 21.9 Å². The predicted octanol–water partition coefficient (Wildman–Crippen LogP) is 4.36. The van der Waals surface area contributed by atoms with E-state index < -0.39 is 23.2 Å². The first-order valence-electron chi connectivity index (χ1n) is 7.71. The Morgan fingerprint density at radius 3 is 2.42 bits per heavy atom. The fourth-order valence-corrected chi connectivity index (χ4v) is 2.97. The van der Waals surface area contributed by atoms with Gasteiger partial charge in [0.15, 0.2) is 0 Å². The van der Waals surface area contributed by atoms with Gasteiger partial charge in [-0.05, 0) is 38.1 Å². The molecule has 1 amide bonds. The van der Waals surface area contributed by atoms with Gasteiger partial charge in [0.2, 0.25) is 11.8 Å². The maximum Gasteiger partial charge on any atom is 0.277 e. The smallest absolute Gasteiger partial charge is 0.277 e. The number of carbonyl (C=O) groups is 1. The molecule has 0 radical (unpaired) electrons. The molecule has 0 bridgehead atoms. The van der Waals surface area contributed by atoms with Crippen molar-refractivity contribution in [3.8, 4) is 11.5 Å². The van der Waals surface area contributed by atoms with Crippen LogP contribution in [0.1, 0.15) is 11.1 Å². The number of anilines is 1. The van der Waals surface area contributed by atoms with Gasteiger partial charge in [-0.3, -0.25) is 4.79 Å². The lowest BCUT2D eigenvalue weighted by molar-refractivity contribution is -0.113. The first-order chi connectivity index (χ1) is 12.4. The minimum absolute atomic E-state index is 0.123. The molecule has 0 atom stereocenters. The van der Waals surface area contributed by atoms with Gasteiger partial charge in [-0.15, -0.1) is 10.2 Å². The molecule has 3 rings (SSSR count). The molecule has 0 unspecified atom stereocenters. The second kappa shape index (κ2) is 7.65. The van der Waals surface area contributed by atoms with Crippen molar-refractivity contribution in [3.63, 3.8) is 0 Å². The van der Waals surface area contributed by atoms with Crippen LogP contribution < -0.4 is 5.32 Å². The predicted molar refractivity (Wildman–Crippen MR) is 94.9 cm³/mol. The fraction of sp³-hybridized carbons (Fsp3) is 0.167. The van der Waals surface area contributed by atoms with Crippen LogP contribution in [0.5, 0.6) is 0 Å². The van der Waals surface area contributed by atoms with Gasteiger partial charge in [0.1, 0.15) is 17.3 Å². The number of carbonyl (C=O) groups excluding carboxylic acids is 1. The maximum atomic E-state index is 13.5. The standard InChI is InChI=1S/C18H15F2N3O2S/c1-10-6-11(2)8-12(7-10)17-22-23-18(25-17)26-9-15(24)21-16-13(19)4-3-5-14(16)20/h3-8H,9H2,1-2H3,(H,21,24). The first-order valence-corrected chi connectivity index (χ1v) is 8.70. The molecule has 0 aliphatic heterocycles. The van der Waals surface area contributed by atoms with Gasteiger partial charge in [-0.25, -0.2) is 8.78 Å². The van der Waals surface area contributed by atoms with E-state index in [1.54, 1.807) is 0 Å². The van der Waals surface area contributed by atoms with E-state index in [0.717, 1.165) is 40.6 Å². The second-order valence-corrected chi connectivity index (χ2v) is 6.61. The SMILES string of the molecule is Cc1cc(C)cc(-c2nnc(SCC(=O)Nc3c(F)cccc3F)o2)c1. The number of benzene rings is 2. The first kappa shape index (κ1) is 18.1. The van der Waals surface area contributed by atoms with Crippen LogP contribution in [0.25, 0.3) is 11.5 Å². The molecule has 0 saturated heterocycles. The van der Waals surface area contributed by atoms with Crippen LogP contribution >= 0.6 is 11.8 Å². The Kier molecular flexibility index (Phi) is 5.32. The van der Waals surface area contributed by atoms with Gasteiger partial charge in [0, 0.05) is 5.56 Å². The number of halogens is 2. The molecule has 8 heteroatoms. The van der Waals surface area contributed by atoms with Crippen LogP contribution in [-0.2, 0) is 4.79 Å². The number of para-hydroxylation sites is 1. The Morgan fingerprint density at radius 2 is 1.77 bits per heavy atom. The topological polar surface area (TPSA) is 68.0 Å². The Morgan fingerprint density at radius 1 is 1.12 bits per heavy atom. The highest BCUT2D eigenvalue weighted by atomic mass is 32.2. The van der Waals surface area contributed by atoms with Crippen LogP contribution in [0.2, 0.25) is 0 Å². The molecule has 0 spiro atoms. The summed E-state index contributed by atoms with van der Waals surface area (Å²) < 4.78 is 32.6. The minimum atomic E-state index is -0.835. The molecule has 2 aromatic carbocycles. The largest absolute Gasteiger partial charge is 0.411 e. The summed E-state index contributed by atoms with van der Waals surface area (Å²) in [6, 6.07) is 9.23. The lowest BCUT2D eigenvalue weighted by Gasteiger charge is -2.06. The average Bonchev–Trinajstić information content (AvgIpc) is 3.05. The average molecular weight is 375 g/mol. The third-order valence-electron chi connectivity index (χ3n) is 3.43. The van der Waals surface area contributed by atoms with Crippen molar-refractivity contribution in [2.45, 2.75) is 19.1 Å². The lowest BCUT2D eigenvalue weighted by atomic mass is 10.1. The molecule has 0 fully saturated rings. The van der Waals surface area contributed by atoms with Gasteiger partial charge in [-0.2, -0.15) is 0 Å². The number of hydrogen-bond donors (Lipinski definition) is 1. The molecule has 0 aliphatic carbocycles. The van der Waals surface area contributed by atoms with Crippen molar-refractivity contribution in [2.75, 3.05) is 11.1 Å². The van der Waals surface area contributed by atoms with E-state index >= 15 is 0 Å². The normalized spacial score (nSPS) is 10.8. The van der Waals surface area contributed by atoms with Crippen LogP contribution in [0.4, 0.5) is 14.5 Å². The number of nitrogens with one attached hydrogen (secondary N) is 1. The summed E-state index contributed by atoms with van der Waals surface area (Å²) in [5.74, 6) is -2.02. The van der Waals surface area contributed by atoms with Crippen LogP contribution in [0.15, 0.2) is 46.0 Å². The van der Waals surface area contributed by atoms with Gasteiger partial charge >= 0.3 is 0 Å². The van der Waals surface area contributed by atoms with E-state index in [1.165, 1.54) is 6.07 Å². The zero-order valence-corrected chi connectivity index (χ0v) is 14.9. The van der Waals surface area contributed by atoms with E-state index in [2.05, 4.69) is 15.5 Å². The van der Waals surface area contributed by atoms with Crippen molar-refractivity contribution in [3.05, 3.63) is 59.2 Å². The number of hydrogen-bond acceptors (Lipinski definition) is 5. The van der Waals surface area contributed by atoms with E-state index in [9.17, 15) is 13.6 Å². The summed E-state index contributed by atoms with van der Waals surface area (Å²) in [5, 5.41) is 10.3. The highest BCUT2D eigenvalue weighted by Crippen LogP contribution is 2.25. The van der Waals surface area contributed by atoms with Crippen LogP contribution in [0, 0.1) is 25.5 Å². The number of rotatable bonds is 5. The van der Waals surface area contributed by atoms with E-state index in [0.29, 0.717) is 5.89 Å². The van der Waals surface area contributed by atoms with E-state index in [1.807, 2.05) is 32.0 Å². The van der Waals surface area contributed by atoms with E-state index in [4.69, 9.17) is 4.42 Å². The molecule has 0 saturated carbocycles. The third-order valence-corrected chi connectivity index (χ3v) is 4.25. The highest BCUT2D eigenvalue weighted by Gasteiger charge is 2.15. The maximum absolute atomic E-state index is 13.5. The number of aromatic nitrogens is 2. The minimum Gasteiger partial charge on any atom is -0.411 e. The monoisotopic (exact) mass is 375 g/mol. The Labute approximate surface area is 152 Å². The van der Waals surface area contributed by atoms with Crippen molar-refractivity contribution >= 4 is 23.4 Å². The Hall–Kier alpha value is -2.74. The highest BCUT2D eigenvalue weighted by molar-refractivity contribution is 7.99. The molecule has 26 heavy (non-hydrogen) atoms. The molecule has 134 valence electrons. The fourth-order valence-electron chi connectivity index (χ4n) is 2.40.